The van der Waals surface area contributed by atoms with Crippen molar-refractivity contribution in [1.82, 2.24) is 5.32 Å². The molecule has 2 N–H and O–H groups in total. The van der Waals surface area contributed by atoms with Gasteiger partial charge in [-0.3, -0.25) is 4.99 Å². The number of rotatable bonds is 4. The van der Waals surface area contributed by atoms with Crippen LogP contribution in [-0.4, -0.2) is 5.84 Å². The van der Waals surface area contributed by atoms with Crippen molar-refractivity contribution in [2.24, 2.45) is 4.99 Å². The van der Waals surface area contributed by atoms with E-state index >= 15 is 0 Å². The number of amidine groups is 1. The number of anilines is 1. The molecule has 4 heteroatoms. The van der Waals surface area contributed by atoms with Crippen LogP contribution >= 0.6 is 11.8 Å². The van der Waals surface area contributed by atoms with E-state index in [1.165, 1.54) is 99.1 Å². The van der Waals surface area contributed by atoms with Crippen LogP contribution in [0.1, 0.15) is 90.9 Å². The van der Waals surface area contributed by atoms with Crippen molar-refractivity contribution in [3.05, 3.63) is 207 Å². The van der Waals surface area contributed by atoms with E-state index in [1.807, 2.05) is 11.8 Å². The molecule has 3 aliphatic carbocycles. The molecule has 59 heavy (non-hydrogen) atoms. The molecular weight excluding hydrogens is 735 g/mol. The molecule has 2 unspecified atom stereocenters. The van der Waals surface area contributed by atoms with E-state index in [4.69, 9.17) is 4.99 Å². The van der Waals surface area contributed by atoms with Crippen LogP contribution < -0.4 is 10.6 Å². The van der Waals surface area contributed by atoms with E-state index in [0.29, 0.717) is 0 Å². The first-order chi connectivity index (χ1) is 28.7. The van der Waals surface area contributed by atoms with Crippen LogP contribution in [0.3, 0.4) is 0 Å². The number of benzene rings is 7. The van der Waals surface area contributed by atoms with Gasteiger partial charge in [0.25, 0.3) is 0 Å². The Balaban J connectivity index is 0.966. The second-order valence-electron chi connectivity index (χ2n) is 17.9. The molecule has 2 atom stereocenters. The van der Waals surface area contributed by atoms with E-state index in [2.05, 4.69) is 190 Å². The number of aliphatic imine (C=N–C) groups is 1. The van der Waals surface area contributed by atoms with Crippen molar-refractivity contribution in [1.29, 1.82) is 0 Å². The molecule has 0 saturated carbocycles. The fourth-order valence-electron chi connectivity index (χ4n) is 10.8. The van der Waals surface area contributed by atoms with Crippen LogP contribution in [0.4, 0.5) is 5.69 Å². The van der Waals surface area contributed by atoms with Crippen molar-refractivity contribution in [3.63, 3.8) is 0 Å². The molecule has 2 aliphatic heterocycles. The summed E-state index contributed by atoms with van der Waals surface area (Å²) in [6.45, 7) is 9.51. The first kappa shape index (κ1) is 34.9. The van der Waals surface area contributed by atoms with Gasteiger partial charge in [0.2, 0.25) is 0 Å². The number of nitrogens with zero attached hydrogens (tertiary/aromatic N) is 1. The van der Waals surface area contributed by atoms with Gasteiger partial charge in [0, 0.05) is 32.4 Å². The van der Waals surface area contributed by atoms with Crippen molar-refractivity contribution < 1.29 is 0 Å². The third-order valence-corrected chi connectivity index (χ3v) is 15.1. The average Bonchev–Trinajstić information content (AvgIpc) is 3.89. The van der Waals surface area contributed by atoms with Gasteiger partial charge in [0.1, 0.15) is 11.2 Å². The quantitative estimate of drug-likeness (QED) is 0.175. The summed E-state index contributed by atoms with van der Waals surface area (Å²) in [5.74, 6) is 0.920. The number of allylic oxidation sites excluding steroid dienone is 4. The van der Waals surface area contributed by atoms with Crippen molar-refractivity contribution in [2.75, 3.05) is 5.32 Å². The molecule has 286 valence electrons. The topological polar surface area (TPSA) is 36.4 Å². The largest absolute Gasteiger partial charge is 0.368 e. The Hall–Kier alpha value is -6.10. The van der Waals surface area contributed by atoms with Gasteiger partial charge in [-0.05, 0) is 108 Å². The number of thioether (sulfide) groups is 1. The second-order valence-corrected chi connectivity index (χ2v) is 19.1. The maximum atomic E-state index is 5.56. The molecule has 0 aromatic heterocycles. The zero-order valence-electron chi connectivity index (χ0n) is 33.9. The molecular formula is C55H45N3S. The molecule has 0 radical (unpaired) electrons. The number of hydrogen-bond acceptors (Lipinski definition) is 4. The molecule has 7 aromatic carbocycles. The maximum absolute atomic E-state index is 5.56. The highest BCUT2D eigenvalue weighted by atomic mass is 32.2. The average molecular weight is 780 g/mol. The monoisotopic (exact) mass is 779 g/mol. The standard InChI is InChI=1S/C55H45N3S/c1-54(2)43-16-10-8-14-39(43)41-25-20-35(29-45(41)54)47-31-48(36-21-26-42-40-15-9-11-17-44(40)55(3,4)46(42)30-36)57-52(56-47)37-22-24-38-34(28-37)19-18-32-23-27-49-51(50(32)38)58-53(59-49)33-12-6-5-7-13-33/h5-20,22-25,27-31,47,53,58H,21,26H2,1-4H3,(H,56,57). The Morgan fingerprint density at radius 1 is 0.627 bits per heavy atom. The highest BCUT2D eigenvalue weighted by Crippen LogP contribution is 2.53. The summed E-state index contributed by atoms with van der Waals surface area (Å²) in [6.07, 6.45) is 6.91. The van der Waals surface area contributed by atoms with Crippen LogP contribution in [0, 0.1) is 0 Å². The summed E-state index contributed by atoms with van der Waals surface area (Å²) in [4.78, 5) is 6.86. The third kappa shape index (κ3) is 5.25. The molecule has 0 fully saturated rings. The SMILES string of the molecule is CC1(C)C2=C(CCC(C3=CC(c4ccc5c(c4)C(C)(C)c4ccccc4-5)N=C(c4ccc5c(ccc6ccc7c(c65)NC(c5ccccc5)S7)c4)N3)=C2)c2ccccc21. The molecule has 12 rings (SSSR count). The van der Waals surface area contributed by atoms with Gasteiger partial charge >= 0.3 is 0 Å². The van der Waals surface area contributed by atoms with E-state index in [-0.39, 0.29) is 22.2 Å². The van der Waals surface area contributed by atoms with Crippen LogP contribution in [0.25, 0.3) is 38.2 Å². The van der Waals surface area contributed by atoms with Crippen LogP contribution in [0.2, 0.25) is 0 Å². The summed E-state index contributed by atoms with van der Waals surface area (Å²) in [7, 11) is 0. The molecule has 0 amide bonds. The van der Waals surface area contributed by atoms with Gasteiger partial charge in [-0.25, -0.2) is 0 Å². The van der Waals surface area contributed by atoms with Gasteiger partial charge < -0.3 is 10.6 Å². The lowest BCUT2D eigenvalue weighted by Gasteiger charge is -2.29. The van der Waals surface area contributed by atoms with Gasteiger partial charge in [-0.1, -0.05) is 173 Å². The van der Waals surface area contributed by atoms with E-state index in [9.17, 15) is 0 Å². The molecule has 0 spiro atoms. The molecule has 7 aromatic rings. The summed E-state index contributed by atoms with van der Waals surface area (Å²) in [5, 5.41) is 13.0. The maximum Gasteiger partial charge on any atom is 0.133 e. The molecule has 0 saturated heterocycles. The number of hydrogen-bond donors (Lipinski definition) is 2. The summed E-state index contributed by atoms with van der Waals surface area (Å²) in [6, 6.07) is 51.7. The van der Waals surface area contributed by atoms with Gasteiger partial charge in [0.15, 0.2) is 0 Å². The van der Waals surface area contributed by atoms with Crippen molar-refractivity contribution >= 4 is 50.4 Å². The first-order valence-electron chi connectivity index (χ1n) is 21.1. The van der Waals surface area contributed by atoms with E-state index in [1.54, 1.807) is 0 Å². The number of nitrogens with one attached hydrogen (secondary N) is 2. The van der Waals surface area contributed by atoms with Crippen LogP contribution in [0.5, 0.6) is 0 Å². The van der Waals surface area contributed by atoms with Gasteiger partial charge in [0.05, 0.1) is 11.7 Å². The zero-order valence-corrected chi connectivity index (χ0v) is 34.7. The molecule has 2 heterocycles. The van der Waals surface area contributed by atoms with Crippen molar-refractivity contribution in [3.8, 4) is 11.1 Å². The van der Waals surface area contributed by atoms with E-state index < -0.39 is 0 Å². The molecule has 0 bridgehead atoms. The Kier molecular flexibility index (Phi) is 7.51. The smallest absolute Gasteiger partial charge is 0.133 e. The summed E-state index contributed by atoms with van der Waals surface area (Å²) >= 11 is 1.90. The third-order valence-electron chi connectivity index (χ3n) is 13.9. The minimum atomic E-state index is -0.136. The fraction of sp³-hybridized carbons (Fsp3) is 0.182. The minimum Gasteiger partial charge on any atom is -0.368 e. The highest BCUT2D eigenvalue weighted by Gasteiger charge is 2.39. The lowest BCUT2D eigenvalue weighted by atomic mass is 9.78. The lowest BCUT2D eigenvalue weighted by Crippen LogP contribution is -2.30. The highest BCUT2D eigenvalue weighted by molar-refractivity contribution is 8.00. The Morgan fingerprint density at radius 3 is 2.20 bits per heavy atom. The van der Waals surface area contributed by atoms with E-state index in [0.717, 1.165) is 24.2 Å². The fourth-order valence-corrected chi connectivity index (χ4v) is 11.9. The van der Waals surface area contributed by atoms with Gasteiger partial charge in [-0.2, -0.15) is 0 Å². The molecule has 5 aliphatic rings. The Bertz CT molecular complexity index is 3090. The minimum absolute atomic E-state index is 0.0422. The second kappa shape index (κ2) is 12.7. The van der Waals surface area contributed by atoms with Gasteiger partial charge in [-0.15, -0.1) is 0 Å². The molecule has 3 nitrogen and oxygen atoms in total. The van der Waals surface area contributed by atoms with Crippen LogP contribution in [-0.2, 0) is 10.8 Å². The summed E-state index contributed by atoms with van der Waals surface area (Å²) in [5.41, 5.74) is 18.5. The first-order valence-corrected chi connectivity index (χ1v) is 21.9. The predicted molar refractivity (Wildman–Crippen MR) is 248 cm³/mol. The Labute approximate surface area is 350 Å². The predicted octanol–water partition coefficient (Wildman–Crippen LogP) is 14.0. The summed E-state index contributed by atoms with van der Waals surface area (Å²) < 4.78 is 0. The van der Waals surface area contributed by atoms with Crippen LogP contribution in [0.15, 0.2) is 178 Å². The number of fused-ring (bicyclic) bond motifs is 10. The normalized spacial score (nSPS) is 20.4. The zero-order chi connectivity index (χ0) is 39.6. The Morgan fingerprint density at radius 2 is 1.36 bits per heavy atom. The van der Waals surface area contributed by atoms with Crippen molar-refractivity contribution in [2.45, 2.75) is 67.7 Å². The lowest BCUT2D eigenvalue weighted by molar-refractivity contribution is 0.649.